The van der Waals surface area contributed by atoms with E-state index in [1.807, 2.05) is 12.1 Å². The van der Waals surface area contributed by atoms with Gasteiger partial charge in [0.05, 0.1) is 11.9 Å². The number of benzene rings is 1. The van der Waals surface area contributed by atoms with E-state index in [9.17, 15) is 13.5 Å². The van der Waals surface area contributed by atoms with Crippen molar-refractivity contribution in [2.45, 2.75) is 24.7 Å². The quantitative estimate of drug-likeness (QED) is 0.545. The second-order valence-corrected chi connectivity index (χ2v) is 5.62. The summed E-state index contributed by atoms with van der Waals surface area (Å²) in [5.41, 5.74) is 8.02. The number of anilines is 2. The van der Waals surface area contributed by atoms with Crippen LogP contribution < -0.4 is 10.6 Å². The molecular weight excluding hydrogens is 252 g/mol. The Morgan fingerprint density at radius 3 is 2.56 bits per heavy atom. The molecule has 18 heavy (non-hydrogen) atoms. The minimum atomic E-state index is -2.44. The van der Waals surface area contributed by atoms with Crippen LogP contribution in [0.3, 0.4) is 0 Å². The van der Waals surface area contributed by atoms with Crippen molar-refractivity contribution in [1.82, 2.24) is 0 Å². The van der Waals surface area contributed by atoms with E-state index >= 15 is 0 Å². The van der Waals surface area contributed by atoms with Crippen molar-refractivity contribution in [3.63, 3.8) is 0 Å². The summed E-state index contributed by atoms with van der Waals surface area (Å²) < 4.78 is 21.5. The Kier molecular flexibility index (Phi) is 4.08. The number of aliphatic hydroxyl groups excluding tert-OH is 1. The van der Waals surface area contributed by atoms with Crippen LogP contribution in [-0.2, 0) is 16.5 Å². The Labute approximate surface area is 108 Å². The molecule has 1 aromatic carbocycles. The van der Waals surface area contributed by atoms with Crippen molar-refractivity contribution in [2.75, 3.05) is 23.7 Å². The maximum Gasteiger partial charge on any atom is 0.144 e. The summed E-state index contributed by atoms with van der Waals surface area (Å²) in [5.74, 6) is 0.0177. The number of nitrogens with two attached hydrogens (primary N) is 1. The molecule has 0 atom stereocenters. The number of rotatable bonds is 3. The Morgan fingerprint density at radius 2 is 1.94 bits per heavy atom. The predicted octanol–water partition coefficient (Wildman–Crippen LogP) is 0.341. The molecule has 0 bridgehead atoms. The van der Waals surface area contributed by atoms with Gasteiger partial charge >= 0.3 is 0 Å². The third kappa shape index (κ3) is 3.36. The van der Waals surface area contributed by atoms with Gasteiger partial charge in [0.1, 0.15) is 10.7 Å². The molecule has 1 heterocycles. The number of aliphatic hydroxyl groups is 1. The lowest BCUT2D eigenvalue weighted by Crippen LogP contribution is -2.35. The standard InChI is InChI=1S/C12H18N2O3S/c13-10-5-9(8-18(16)17)6-11(7-10)14-3-1-12(15)2-4-14/h5-7,12,15,18H,1-4,8,13H2. The van der Waals surface area contributed by atoms with Gasteiger partial charge in [0.25, 0.3) is 0 Å². The van der Waals surface area contributed by atoms with Crippen molar-refractivity contribution >= 4 is 22.1 Å². The number of hydrogen-bond donors (Lipinski definition) is 3. The van der Waals surface area contributed by atoms with Gasteiger partial charge in [-0.3, -0.25) is 0 Å². The monoisotopic (exact) mass is 270 g/mol. The molecule has 1 fully saturated rings. The van der Waals surface area contributed by atoms with Crippen LogP contribution in [0.4, 0.5) is 11.4 Å². The van der Waals surface area contributed by atoms with E-state index in [2.05, 4.69) is 4.90 Å². The highest BCUT2D eigenvalue weighted by molar-refractivity contribution is 7.71. The molecule has 6 heteroatoms. The maximum atomic E-state index is 10.8. The average Bonchev–Trinajstić information content (AvgIpc) is 2.28. The minimum absolute atomic E-state index is 0.0177. The van der Waals surface area contributed by atoms with Gasteiger partial charge in [-0.05, 0) is 36.6 Å². The number of nitrogen functional groups attached to an aromatic ring is 1. The molecule has 0 saturated carbocycles. The molecule has 1 aromatic rings. The van der Waals surface area contributed by atoms with Gasteiger partial charge in [-0.15, -0.1) is 0 Å². The first-order chi connectivity index (χ1) is 8.54. The lowest BCUT2D eigenvalue weighted by Gasteiger charge is -2.31. The van der Waals surface area contributed by atoms with Gasteiger partial charge in [-0.25, -0.2) is 8.42 Å². The fourth-order valence-electron chi connectivity index (χ4n) is 2.25. The molecule has 1 saturated heterocycles. The van der Waals surface area contributed by atoms with Crippen molar-refractivity contribution in [2.24, 2.45) is 0 Å². The summed E-state index contributed by atoms with van der Waals surface area (Å²) in [6.45, 7) is 1.54. The molecule has 1 aliphatic rings. The highest BCUT2D eigenvalue weighted by atomic mass is 32.2. The Morgan fingerprint density at radius 1 is 1.28 bits per heavy atom. The van der Waals surface area contributed by atoms with Crippen molar-refractivity contribution in [1.29, 1.82) is 0 Å². The van der Waals surface area contributed by atoms with Crippen LogP contribution in [0.25, 0.3) is 0 Å². The van der Waals surface area contributed by atoms with E-state index in [0.717, 1.165) is 31.6 Å². The van der Waals surface area contributed by atoms with E-state index in [-0.39, 0.29) is 11.9 Å². The van der Waals surface area contributed by atoms with Gasteiger partial charge in [0.2, 0.25) is 0 Å². The molecule has 100 valence electrons. The van der Waals surface area contributed by atoms with Gasteiger partial charge in [0, 0.05) is 24.5 Å². The maximum absolute atomic E-state index is 10.8. The van der Waals surface area contributed by atoms with E-state index in [1.54, 1.807) is 6.07 Å². The van der Waals surface area contributed by atoms with Crippen LogP contribution in [0, 0.1) is 0 Å². The minimum Gasteiger partial charge on any atom is -0.399 e. The molecule has 1 aliphatic heterocycles. The van der Waals surface area contributed by atoms with Gasteiger partial charge in [0.15, 0.2) is 0 Å². The Bertz CT molecular complexity index is 486. The second-order valence-electron chi connectivity index (χ2n) is 4.64. The summed E-state index contributed by atoms with van der Waals surface area (Å²) in [6.07, 6.45) is 1.25. The Hall–Kier alpha value is -1.27. The van der Waals surface area contributed by atoms with E-state index in [4.69, 9.17) is 5.73 Å². The summed E-state index contributed by atoms with van der Waals surface area (Å²) in [7, 11) is -2.44. The van der Waals surface area contributed by atoms with Gasteiger partial charge in [-0.2, -0.15) is 0 Å². The normalized spacial score (nSPS) is 17.3. The van der Waals surface area contributed by atoms with E-state index < -0.39 is 10.7 Å². The SMILES string of the molecule is Nc1cc(C[SH](=O)=O)cc(N2CCC(O)CC2)c1. The molecule has 0 aliphatic carbocycles. The van der Waals surface area contributed by atoms with Crippen molar-refractivity contribution in [3.05, 3.63) is 23.8 Å². The molecule has 5 nitrogen and oxygen atoms in total. The third-order valence-corrected chi connectivity index (χ3v) is 3.76. The molecule has 0 spiro atoms. The molecule has 2 rings (SSSR count). The molecule has 0 amide bonds. The van der Waals surface area contributed by atoms with Gasteiger partial charge in [-0.1, -0.05) is 0 Å². The number of nitrogens with zero attached hydrogens (tertiary/aromatic N) is 1. The Balaban J connectivity index is 2.19. The lowest BCUT2D eigenvalue weighted by molar-refractivity contribution is 0.145. The summed E-state index contributed by atoms with van der Waals surface area (Å²) in [5, 5.41) is 9.47. The largest absolute Gasteiger partial charge is 0.399 e. The zero-order valence-electron chi connectivity index (χ0n) is 10.1. The zero-order valence-corrected chi connectivity index (χ0v) is 11.0. The smallest absolute Gasteiger partial charge is 0.144 e. The van der Waals surface area contributed by atoms with Crippen molar-refractivity contribution < 1.29 is 13.5 Å². The summed E-state index contributed by atoms with van der Waals surface area (Å²) in [6, 6.07) is 5.39. The molecule has 0 unspecified atom stereocenters. The third-order valence-electron chi connectivity index (χ3n) is 3.14. The zero-order chi connectivity index (χ0) is 13.1. The molecular formula is C12H18N2O3S. The second kappa shape index (κ2) is 5.58. The van der Waals surface area contributed by atoms with Crippen LogP contribution in [0.1, 0.15) is 18.4 Å². The molecule has 3 N–H and O–H groups in total. The van der Waals surface area contributed by atoms with Crippen LogP contribution >= 0.6 is 0 Å². The number of thiol groups is 1. The van der Waals surface area contributed by atoms with Crippen molar-refractivity contribution in [3.8, 4) is 0 Å². The van der Waals surface area contributed by atoms with Crippen LogP contribution in [-0.4, -0.2) is 32.7 Å². The fraction of sp³-hybridized carbons (Fsp3) is 0.500. The average molecular weight is 270 g/mol. The first kappa shape index (κ1) is 13.2. The summed E-state index contributed by atoms with van der Waals surface area (Å²) >= 11 is 0. The van der Waals surface area contributed by atoms with Crippen LogP contribution in [0.2, 0.25) is 0 Å². The topological polar surface area (TPSA) is 83.6 Å². The van der Waals surface area contributed by atoms with E-state index in [0.29, 0.717) is 11.3 Å². The highest BCUT2D eigenvalue weighted by Crippen LogP contribution is 2.24. The predicted molar refractivity (Wildman–Crippen MR) is 72.3 cm³/mol. The fourth-order valence-corrected chi connectivity index (χ4v) is 2.73. The first-order valence-electron chi connectivity index (χ1n) is 5.99. The first-order valence-corrected chi connectivity index (χ1v) is 7.35. The van der Waals surface area contributed by atoms with Crippen LogP contribution in [0.5, 0.6) is 0 Å². The lowest BCUT2D eigenvalue weighted by atomic mass is 10.1. The number of piperidine rings is 1. The highest BCUT2D eigenvalue weighted by Gasteiger charge is 2.17. The number of hydrogen-bond acceptors (Lipinski definition) is 5. The summed E-state index contributed by atoms with van der Waals surface area (Å²) in [4.78, 5) is 2.13. The molecule has 0 aromatic heterocycles. The molecule has 0 radical (unpaired) electrons. The van der Waals surface area contributed by atoms with Crippen LogP contribution in [0.15, 0.2) is 18.2 Å². The van der Waals surface area contributed by atoms with E-state index in [1.165, 1.54) is 0 Å². The van der Waals surface area contributed by atoms with Gasteiger partial charge < -0.3 is 15.7 Å².